The largest absolute Gasteiger partial charge is 0.327 e. The summed E-state index contributed by atoms with van der Waals surface area (Å²) < 4.78 is 1.84. The number of nitrogens with zero attached hydrogens (tertiary/aromatic N) is 3. The van der Waals surface area contributed by atoms with Crippen LogP contribution in [0.4, 0.5) is 5.82 Å². The van der Waals surface area contributed by atoms with Crippen molar-refractivity contribution in [1.29, 1.82) is 0 Å². The van der Waals surface area contributed by atoms with Crippen LogP contribution in [0.3, 0.4) is 0 Å². The van der Waals surface area contributed by atoms with Gasteiger partial charge in [0.05, 0.1) is 0 Å². The number of hydrogen-bond acceptors (Lipinski definition) is 4. The molecular weight excluding hydrogens is 290 g/mol. The molecule has 1 aliphatic carbocycles. The van der Waals surface area contributed by atoms with Crippen LogP contribution in [-0.4, -0.2) is 26.7 Å². The molecule has 0 radical (unpaired) electrons. The number of rotatable bonds is 6. The van der Waals surface area contributed by atoms with E-state index in [1.54, 1.807) is 12.4 Å². The molecule has 23 heavy (non-hydrogen) atoms. The van der Waals surface area contributed by atoms with Crippen molar-refractivity contribution >= 4 is 11.7 Å². The first-order valence-corrected chi connectivity index (χ1v) is 8.18. The second-order valence-corrected chi connectivity index (χ2v) is 6.18. The van der Waals surface area contributed by atoms with Crippen LogP contribution in [0.2, 0.25) is 0 Å². The van der Waals surface area contributed by atoms with Gasteiger partial charge in [-0.05, 0) is 42.9 Å². The number of anilines is 1. The van der Waals surface area contributed by atoms with Crippen LogP contribution in [0.5, 0.6) is 0 Å². The van der Waals surface area contributed by atoms with Gasteiger partial charge in [-0.2, -0.15) is 5.10 Å². The summed E-state index contributed by atoms with van der Waals surface area (Å²) in [7, 11) is 0. The van der Waals surface area contributed by atoms with E-state index in [-0.39, 0.29) is 11.9 Å². The molecule has 1 saturated carbocycles. The molecule has 2 aromatic heterocycles. The molecule has 0 unspecified atom stereocenters. The fourth-order valence-corrected chi connectivity index (χ4v) is 3.10. The number of hydrogen-bond donors (Lipinski definition) is 2. The quantitative estimate of drug-likeness (QED) is 0.854. The normalized spacial score (nSPS) is 20.6. The van der Waals surface area contributed by atoms with Crippen molar-refractivity contribution in [2.75, 3.05) is 5.32 Å². The second kappa shape index (κ2) is 7.37. The van der Waals surface area contributed by atoms with E-state index >= 15 is 0 Å². The fourth-order valence-electron chi connectivity index (χ4n) is 3.10. The average Bonchev–Trinajstić information content (AvgIpc) is 3.16. The van der Waals surface area contributed by atoms with Gasteiger partial charge in [-0.15, -0.1) is 0 Å². The Morgan fingerprint density at radius 3 is 2.87 bits per heavy atom. The summed E-state index contributed by atoms with van der Waals surface area (Å²) in [6, 6.07) is 5.99. The third kappa shape index (κ3) is 4.39. The molecule has 0 bridgehead atoms. The summed E-state index contributed by atoms with van der Waals surface area (Å²) in [4.78, 5) is 16.1. The number of carbonyl (C=O) groups excluding carboxylic acids is 1. The third-order valence-electron chi connectivity index (χ3n) is 4.45. The molecule has 2 heterocycles. The van der Waals surface area contributed by atoms with E-state index in [1.807, 2.05) is 29.1 Å². The summed E-state index contributed by atoms with van der Waals surface area (Å²) in [6.07, 6.45) is 10.0. The van der Waals surface area contributed by atoms with E-state index < -0.39 is 0 Å². The minimum absolute atomic E-state index is 0.00623. The number of aryl methyl sites for hydroxylation is 2. The second-order valence-electron chi connectivity index (χ2n) is 6.18. The van der Waals surface area contributed by atoms with Crippen molar-refractivity contribution in [1.82, 2.24) is 14.8 Å². The Kier molecular flexibility index (Phi) is 5.02. The van der Waals surface area contributed by atoms with Gasteiger partial charge >= 0.3 is 0 Å². The van der Waals surface area contributed by atoms with Crippen LogP contribution < -0.4 is 11.1 Å². The van der Waals surface area contributed by atoms with Crippen LogP contribution >= 0.6 is 0 Å². The van der Waals surface area contributed by atoms with Crippen molar-refractivity contribution in [3.63, 3.8) is 0 Å². The maximum Gasteiger partial charge on any atom is 0.225 e. The van der Waals surface area contributed by atoms with Crippen LogP contribution in [0.1, 0.15) is 31.2 Å². The van der Waals surface area contributed by atoms with E-state index in [1.165, 1.54) is 5.56 Å². The number of amides is 1. The molecular formula is C17H23N5O. The molecule has 0 spiro atoms. The molecule has 1 amide bonds. The number of pyridine rings is 1. The van der Waals surface area contributed by atoms with Crippen molar-refractivity contribution < 1.29 is 4.79 Å². The van der Waals surface area contributed by atoms with Gasteiger partial charge in [0.25, 0.3) is 0 Å². The Balaban J connectivity index is 1.48. The summed E-state index contributed by atoms with van der Waals surface area (Å²) >= 11 is 0. The average molecular weight is 313 g/mol. The summed E-state index contributed by atoms with van der Waals surface area (Å²) in [5.74, 6) is 0.923. The minimum Gasteiger partial charge on any atom is -0.327 e. The van der Waals surface area contributed by atoms with Gasteiger partial charge in [-0.1, -0.05) is 6.42 Å². The van der Waals surface area contributed by atoms with E-state index in [0.717, 1.165) is 32.2 Å². The first-order chi connectivity index (χ1) is 11.2. The first-order valence-electron chi connectivity index (χ1n) is 8.18. The zero-order valence-corrected chi connectivity index (χ0v) is 13.2. The highest BCUT2D eigenvalue weighted by Crippen LogP contribution is 2.27. The maximum absolute atomic E-state index is 12.1. The van der Waals surface area contributed by atoms with Crippen LogP contribution in [0.15, 0.2) is 36.8 Å². The van der Waals surface area contributed by atoms with Crippen LogP contribution in [-0.2, 0) is 17.8 Å². The lowest BCUT2D eigenvalue weighted by Crippen LogP contribution is -2.28. The molecule has 6 heteroatoms. The number of carbonyl (C=O) groups is 1. The predicted molar refractivity (Wildman–Crippen MR) is 88.7 cm³/mol. The lowest BCUT2D eigenvalue weighted by atomic mass is 10.00. The lowest BCUT2D eigenvalue weighted by molar-refractivity contribution is -0.117. The molecule has 0 saturated heterocycles. The smallest absolute Gasteiger partial charge is 0.225 e. The van der Waals surface area contributed by atoms with Gasteiger partial charge in [0.15, 0.2) is 5.82 Å². The molecule has 1 aliphatic rings. The molecule has 122 valence electrons. The van der Waals surface area contributed by atoms with Crippen molar-refractivity contribution in [2.24, 2.45) is 11.7 Å². The Morgan fingerprint density at radius 2 is 2.13 bits per heavy atom. The highest BCUT2D eigenvalue weighted by Gasteiger charge is 2.26. The monoisotopic (exact) mass is 313 g/mol. The number of nitrogens with one attached hydrogen (secondary N) is 1. The predicted octanol–water partition coefficient (Wildman–Crippen LogP) is 1.98. The number of nitrogens with two attached hydrogens (primary N) is 1. The van der Waals surface area contributed by atoms with E-state index in [9.17, 15) is 4.79 Å². The zero-order chi connectivity index (χ0) is 16.1. The zero-order valence-electron chi connectivity index (χ0n) is 13.2. The molecule has 2 atom stereocenters. The molecule has 2 aromatic rings. The molecule has 1 fully saturated rings. The molecule has 3 rings (SSSR count). The molecule has 3 N–H and O–H groups in total. The highest BCUT2D eigenvalue weighted by molar-refractivity contribution is 5.89. The van der Waals surface area contributed by atoms with Crippen LogP contribution in [0, 0.1) is 5.92 Å². The standard InChI is InChI=1S/C17H23N5O/c18-15-3-1-2-14(15)12-17(23)20-16-7-11-22(21-16)10-6-13-4-8-19-9-5-13/h4-5,7-9,11,14-15H,1-3,6,10,12,18H2,(H,20,21,23)/t14-,15+/m0/s1. The van der Waals surface area contributed by atoms with E-state index in [4.69, 9.17) is 5.73 Å². The first kappa shape index (κ1) is 15.7. The molecule has 0 aliphatic heterocycles. The summed E-state index contributed by atoms with van der Waals surface area (Å²) in [5, 5.41) is 7.27. The molecule has 0 aromatic carbocycles. The van der Waals surface area contributed by atoms with Crippen molar-refractivity contribution in [2.45, 2.75) is 44.7 Å². The van der Waals surface area contributed by atoms with Crippen LogP contribution in [0.25, 0.3) is 0 Å². The van der Waals surface area contributed by atoms with Gasteiger partial charge in [0.1, 0.15) is 0 Å². The van der Waals surface area contributed by atoms with Gasteiger partial charge in [-0.3, -0.25) is 14.5 Å². The Hall–Kier alpha value is -2.21. The van der Waals surface area contributed by atoms with Gasteiger partial charge in [0, 0.05) is 43.7 Å². The maximum atomic E-state index is 12.1. The van der Waals surface area contributed by atoms with Crippen molar-refractivity contribution in [3.8, 4) is 0 Å². The number of aromatic nitrogens is 3. The van der Waals surface area contributed by atoms with Crippen molar-refractivity contribution in [3.05, 3.63) is 42.4 Å². The van der Waals surface area contributed by atoms with Gasteiger partial charge in [0.2, 0.25) is 5.91 Å². The van der Waals surface area contributed by atoms with Gasteiger partial charge < -0.3 is 11.1 Å². The molecule has 6 nitrogen and oxygen atoms in total. The Bertz CT molecular complexity index is 639. The Morgan fingerprint density at radius 1 is 1.30 bits per heavy atom. The van der Waals surface area contributed by atoms with E-state index in [0.29, 0.717) is 18.2 Å². The summed E-state index contributed by atoms with van der Waals surface area (Å²) in [6.45, 7) is 0.771. The minimum atomic E-state index is 0.00623. The Labute approximate surface area is 136 Å². The van der Waals surface area contributed by atoms with Gasteiger partial charge in [-0.25, -0.2) is 0 Å². The fraction of sp³-hybridized carbons (Fsp3) is 0.471. The topological polar surface area (TPSA) is 85.8 Å². The third-order valence-corrected chi connectivity index (χ3v) is 4.45. The SMILES string of the molecule is N[C@@H]1CCC[C@H]1CC(=O)Nc1ccn(CCc2ccncc2)n1. The lowest BCUT2D eigenvalue weighted by Gasteiger charge is -2.13. The van der Waals surface area contributed by atoms with E-state index in [2.05, 4.69) is 15.4 Å². The summed E-state index contributed by atoms with van der Waals surface area (Å²) in [5.41, 5.74) is 7.23. The highest BCUT2D eigenvalue weighted by atomic mass is 16.1.